The molecule has 1 atom stereocenters. The van der Waals surface area contributed by atoms with Crippen molar-refractivity contribution in [1.29, 1.82) is 0 Å². The Morgan fingerprint density at radius 2 is 2.21 bits per heavy atom. The summed E-state index contributed by atoms with van der Waals surface area (Å²) in [4.78, 5) is 0. The Balaban J connectivity index is 2.63. The summed E-state index contributed by atoms with van der Waals surface area (Å²) < 4.78 is 0. The molecular formula is C15H25N3S. The number of thiocarbonyl (C=S) groups is 1. The molecule has 0 saturated carbocycles. The third-order valence-electron chi connectivity index (χ3n) is 3.52. The molecule has 0 saturated heterocycles. The van der Waals surface area contributed by atoms with Gasteiger partial charge in [0.05, 0.1) is 0 Å². The Morgan fingerprint density at radius 3 is 2.79 bits per heavy atom. The summed E-state index contributed by atoms with van der Waals surface area (Å²) in [6, 6.07) is 0. The lowest BCUT2D eigenvalue weighted by atomic mass is 9.73. The maximum absolute atomic E-state index is 5.34. The van der Waals surface area contributed by atoms with Gasteiger partial charge in [0.25, 0.3) is 0 Å². The molecule has 0 aromatic carbocycles. The molecule has 1 aliphatic rings. The molecule has 0 amide bonds. The van der Waals surface area contributed by atoms with Crippen molar-refractivity contribution >= 4 is 17.3 Å². The van der Waals surface area contributed by atoms with E-state index in [1.54, 1.807) is 0 Å². The van der Waals surface area contributed by atoms with Crippen LogP contribution in [0.2, 0.25) is 0 Å². The van der Waals surface area contributed by atoms with Crippen molar-refractivity contribution in [2.75, 3.05) is 6.54 Å². The van der Waals surface area contributed by atoms with Gasteiger partial charge in [-0.15, -0.1) is 0 Å². The Bertz CT molecular complexity index is 426. The summed E-state index contributed by atoms with van der Waals surface area (Å²) >= 11 is 4.72. The predicted octanol–water partition coefficient (Wildman–Crippen LogP) is 2.49. The van der Waals surface area contributed by atoms with Crippen molar-refractivity contribution in [2.45, 2.75) is 47.0 Å². The molecule has 1 aliphatic carbocycles. The Kier molecular flexibility index (Phi) is 5.84. The third-order valence-corrected chi connectivity index (χ3v) is 3.62. The molecule has 4 heteroatoms. The molecule has 4 N–H and O–H groups in total. The van der Waals surface area contributed by atoms with Gasteiger partial charge < -0.3 is 5.73 Å². The number of hydrogen-bond donors (Lipinski definition) is 3. The highest BCUT2D eigenvalue weighted by Gasteiger charge is 2.27. The predicted molar refractivity (Wildman–Crippen MR) is 85.2 cm³/mol. The minimum atomic E-state index is 0.222. The van der Waals surface area contributed by atoms with Gasteiger partial charge in [-0.25, -0.2) is 5.43 Å². The van der Waals surface area contributed by atoms with E-state index in [9.17, 15) is 0 Å². The van der Waals surface area contributed by atoms with E-state index in [1.807, 2.05) is 0 Å². The van der Waals surface area contributed by atoms with Crippen LogP contribution in [0.25, 0.3) is 0 Å². The molecule has 106 valence electrons. The van der Waals surface area contributed by atoms with Gasteiger partial charge in [0, 0.05) is 18.0 Å². The van der Waals surface area contributed by atoms with Crippen LogP contribution in [-0.2, 0) is 0 Å². The van der Waals surface area contributed by atoms with Gasteiger partial charge in [-0.1, -0.05) is 38.2 Å². The van der Waals surface area contributed by atoms with Crippen molar-refractivity contribution in [3.63, 3.8) is 0 Å². The molecule has 19 heavy (non-hydrogen) atoms. The van der Waals surface area contributed by atoms with E-state index >= 15 is 0 Å². The van der Waals surface area contributed by atoms with Crippen LogP contribution in [0.5, 0.6) is 0 Å². The Hall–Kier alpha value is -1.05. The largest absolute Gasteiger partial charge is 0.375 e. The highest BCUT2D eigenvalue weighted by molar-refractivity contribution is 7.80. The first-order chi connectivity index (χ1) is 8.83. The summed E-state index contributed by atoms with van der Waals surface area (Å²) in [5.74, 6) is 6.96. The molecule has 3 nitrogen and oxygen atoms in total. The van der Waals surface area contributed by atoms with E-state index in [1.165, 1.54) is 30.4 Å². The van der Waals surface area contributed by atoms with Gasteiger partial charge in [0.15, 0.2) is 5.11 Å². The first-order valence-electron chi connectivity index (χ1n) is 6.83. The van der Waals surface area contributed by atoms with Crippen LogP contribution in [0.15, 0.2) is 11.1 Å². The van der Waals surface area contributed by atoms with Gasteiger partial charge in [0.1, 0.15) is 0 Å². The minimum Gasteiger partial charge on any atom is -0.375 e. The van der Waals surface area contributed by atoms with E-state index in [0.717, 1.165) is 6.54 Å². The number of nitrogens with one attached hydrogen (secondary N) is 2. The van der Waals surface area contributed by atoms with Gasteiger partial charge in [-0.3, -0.25) is 5.43 Å². The molecule has 1 unspecified atom stereocenters. The van der Waals surface area contributed by atoms with Crippen molar-refractivity contribution in [3.05, 3.63) is 11.1 Å². The Morgan fingerprint density at radius 1 is 1.53 bits per heavy atom. The van der Waals surface area contributed by atoms with E-state index < -0.39 is 0 Å². The summed E-state index contributed by atoms with van der Waals surface area (Å²) in [7, 11) is 0. The molecule has 0 radical (unpaired) electrons. The van der Waals surface area contributed by atoms with E-state index in [4.69, 9.17) is 18.0 Å². The standard InChI is InChI=1S/C15H25N3S/c1-11(10-17-18-14(16)19)7-8-13-12(2)6-5-9-15(13,3)4/h11,17H,5-6,9-10H2,1-4H3,(H3,16,18,19). The Labute approximate surface area is 122 Å². The van der Waals surface area contributed by atoms with Crippen molar-refractivity contribution in [1.82, 2.24) is 10.9 Å². The number of allylic oxidation sites excluding steroid dienone is 2. The zero-order valence-electron chi connectivity index (χ0n) is 12.4. The molecule has 0 spiro atoms. The van der Waals surface area contributed by atoms with Crippen LogP contribution in [0.4, 0.5) is 0 Å². The molecular weight excluding hydrogens is 254 g/mol. The lowest BCUT2D eigenvalue weighted by Gasteiger charge is -2.31. The number of hydrazine groups is 1. The molecule has 0 aliphatic heterocycles. The highest BCUT2D eigenvalue weighted by atomic mass is 32.1. The second kappa shape index (κ2) is 6.93. The van der Waals surface area contributed by atoms with E-state index in [2.05, 4.69) is 50.4 Å². The quantitative estimate of drug-likeness (QED) is 0.422. The molecule has 0 fully saturated rings. The van der Waals surface area contributed by atoms with Crippen LogP contribution >= 0.6 is 12.2 Å². The van der Waals surface area contributed by atoms with Gasteiger partial charge >= 0.3 is 0 Å². The summed E-state index contributed by atoms with van der Waals surface area (Å²) in [5.41, 5.74) is 14.0. The van der Waals surface area contributed by atoms with Gasteiger partial charge in [0.2, 0.25) is 0 Å². The SMILES string of the molecule is CC1=C(C#CC(C)CNNC(N)=S)C(C)(C)CCC1. The minimum absolute atomic E-state index is 0.222. The summed E-state index contributed by atoms with van der Waals surface area (Å²) in [5, 5.41) is 0.257. The summed E-state index contributed by atoms with van der Waals surface area (Å²) in [6.45, 7) is 9.60. The molecule has 0 aromatic heterocycles. The molecule has 0 aromatic rings. The average Bonchev–Trinajstić information content (AvgIpc) is 2.26. The monoisotopic (exact) mass is 279 g/mol. The van der Waals surface area contributed by atoms with Crippen molar-refractivity contribution in [3.8, 4) is 11.8 Å². The fourth-order valence-electron chi connectivity index (χ4n) is 2.44. The van der Waals surface area contributed by atoms with Crippen LogP contribution in [-0.4, -0.2) is 11.7 Å². The topological polar surface area (TPSA) is 50.1 Å². The highest BCUT2D eigenvalue weighted by Crippen LogP contribution is 2.39. The zero-order valence-corrected chi connectivity index (χ0v) is 13.2. The van der Waals surface area contributed by atoms with Crippen molar-refractivity contribution < 1.29 is 0 Å². The normalized spacial score (nSPS) is 19.4. The van der Waals surface area contributed by atoms with Crippen LogP contribution < -0.4 is 16.6 Å². The van der Waals surface area contributed by atoms with Crippen molar-refractivity contribution in [2.24, 2.45) is 17.1 Å². The fraction of sp³-hybridized carbons (Fsp3) is 0.667. The third kappa shape index (κ3) is 5.22. The van der Waals surface area contributed by atoms with Crippen LogP contribution in [0, 0.1) is 23.2 Å². The van der Waals surface area contributed by atoms with E-state index in [0.29, 0.717) is 0 Å². The smallest absolute Gasteiger partial charge is 0.178 e. The molecule has 0 heterocycles. The average molecular weight is 279 g/mol. The second-order valence-corrected chi connectivity index (χ2v) is 6.37. The molecule has 1 rings (SSSR count). The first kappa shape index (κ1) is 16.0. The first-order valence-corrected chi connectivity index (χ1v) is 7.24. The lowest BCUT2D eigenvalue weighted by molar-refractivity contribution is 0.379. The number of nitrogens with two attached hydrogens (primary N) is 1. The summed E-state index contributed by atoms with van der Waals surface area (Å²) in [6.07, 6.45) is 3.69. The maximum atomic E-state index is 5.34. The second-order valence-electron chi connectivity index (χ2n) is 5.93. The fourth-order valence-corrected chi connectivity index (χ4v) is 2.51. The number of hydrogen-bond acceptors (Lipinski definition) is 2. The lowest BCUT2D eigenvalue weighted by Crippen LogP contribution is -2.42. The zero-order chi connectivity index (χ0) is 14.5. The van der Waals surface area contributed by atoms with Gasteiger partial charge in [-0.2, -0.15) is 0 Å². The van der Waals surface area contributed by atoms with Gasteiger partial charge in [-0.05, 0) is 43.8 Å². The van der Waals surface area contributed by atoms with Crippen LogP contribution in [0.1, 0.15) is 47.0 Å². The van der Waals surface area contributed by atoms with Crippen LogP contribution in [0.3, 0.4) is 0 Å². The maximum Gasteiger partial charge on any atom is 0.178 e. The number of rotatable bonds is 3. The molecule has 0 bridgehead atoms. The van der Waals surface area contributed by atoms with E-state index in [-0.39, 0.29) is 16.4 Å².